The van der Waals surface area contributed by atoms with Gasteiger partial charge in [-0.3, -0.25) is 9.69 Å². The minimum absolute atomic E-state index is 0.0189. The molecule has 2 aliphatic rings. The lowest BCUT2D eigenvalue weighted by Crippen LogP contribution is -2.58. The van der Waals surface area contributed by atoms with E-state index in [1.807, 2.05) is 30.3 Å². The molecular formula is C21H26N2O3. The molecular weight excluding hydrogens is 328 g/mol. The third kappa shape index (κ3) is 3.34. The number of rotatable bonds is 4. The van der Waals surface area contributed by atoms with Crippen LogP contribution < -0.4 is 5.32 Å². The second-order valence-electron chi connectivity index (χ2n) is 7.32. The van der Waals surface area contributed by atoms with Crippen LogP contribution in [-0.4, -0.2) is 55.9 Å². The van der Waals surface area contributed by atoms with Gasteiger partial charge in [0, 0.05) is 37.9 Å². The van der Waals surface area contributed by atoms with Gasteiger partial charge < -0.3 is 14.8 Å². The van der Waals surface area contributed by atoms with Gasteiger partial charge in [0.05, 0.1) is 12.6 Å². The molecule has 138 valence electrons. The van der Waals surface area contributed by atoms with Gasteiger partial charge in [-0.2, -0.15) is 0 Å². The van der Waals surface area contributed by atoms with E-state index in [2.05, 4.69) is 22.3 Å². The van der Waals surface area contributed by atoms with Crippen molar-refractivity contribution in [2.24, 2.45) is 0 Å². The number of nitrogens with zero attached hydrogens (tertiary/aromatic N) is 1. The van der Waals surface area contributed by atoms with Crippen molar-refractivity contribution < 1.29 is 14.3 Å². The first-order valence-corrected chi connectivity index (χ1v) is 9.37. The largest absolute Gasteiger partial charge is 0.378 e. The number of nitrogens with one attached hydrogen (secondary N) is 1. The SMILES string of the molecule is CO[C@@H]1CCN(CC(=O)Nc2cccc3ccccc23)C[C@]12CCCO2. The van der Waals surface area contributed by atoms with Crippen LogP contribution in [0.5, 0.6) is 0 Å². The first-order chi connectivity index (χ1) is 12.7. The summed E-state index contributed by atoms with van der Waals surface area (Å²) in [5.74, 6) is 0.0189. The number of piperidine rings is 1. The van der Waals surface area contributed by atoms with Crippen molar-refractivity contribution in [2.75, 3.05) is 38.7 Å². The summed E-state index contributed by atoms with van der Waals surface area (Å²) in [7, 11) is 1.76. The predicted molar refractivity (Wildman–Crippen MR) is 102 cm³/mol. The lowest BCUT2D eigenvalue weighted by atomic mass is 9.87. The third-order valence-corrected chi connectivity index (χ3v) is 5.63. The number of likely N-dealkylation sites (tertiary alicyclic amines) is 1. The van der Waals surface area contributed by atoms with Crippen LogP contribution in [0, 0.1) is 0 Å². The predicted octanol–water partition coefficient (Wildman–Crippen LogP) is 3.05. The summed E-state index contributed by atoms with van der Waals surface area (Å²) in [6.07, 6.45) is 3.10. The summed E-state index contributed by atoms with van der Waals surface area (Å²) >= 11 is 0. The molecule has 0 aliphatic carbocycles. The van der Waals surface area contributed by atoms with Crippen molar-refractivity contribution in [3.8, 4) is 0 Å². The van der Waals surface area contributed by atoms with Crippen LogP contribution >= 0.6 is 0 Å². The summed E-state index contributed by atoms with van der Waals surface area (Å²) in [6, 6.07) is 14.1. The van der Waals surface area contributed by atoms with Gasteiger partial charge in [-0.25, -0.2) is 0 Å². The Kier molecular flexibility index (Phi) is 4.94. The molecule has 0 saturated carbocycles. The van der Waals surface area contributed by atoms with Gasteiger partial charge in [0.15, 0.2) is 0 Å². The fraction of sp³-hybridized carbons (Fsp3) is 0.476. The molecule has 0 aromatic heterocycles. The van der Waals surface area contributed by atoms with Crippen molar-refractivity contribution in [2.45, 2.75) is 31.0 Å². The highest BCUT2D eigenvalue weighted by molar-refractivity contribution is 6.02. The standard InChI is InChI=1S/C21H26N2O3/c1-25-19-10-12-23(15-21(19)11-5-13-26-21)14-20(24)22-18-9-4-7-16-6-2-3-8-17(16)18/h2-4,6-9,19H,5,10-15H2,1H3,(H,22,24)/t19-,21-/m1/s1. The molecule has 2 heterocycles. The summed E-state index contributed by atoms with van der Waals surface area (Å²) in [6.45, 7) is 2.78. The number of methoxy groups -OCH3 is 1. The Labute approximate surface area is 154 Å². The Hall–Kier alpha value is -1.95. The number of amides is 1. The molecule has 0 radical (unpaired) electrons. The zero-order chi connectivity index (χ0) is 18.0. The molecule has 5 nitrogen and oxygen atoms in total. The maximum atomic E-state index is 12.7. The van der Waals surface area contributed by atoms with E-state index in [4.69, 9.17) is 9.47 Å². The van der Waals surface area contributed by atoms with Gasteiger partial charge in [0.25, 0.3) is 0 Å². The topological polar surface area (TPSA) is 50.8 Å². The Morgan fingerprint density at radius 1 is 1.31 bits per heavy atom. The van der Waals surface area contributed by atoms with Gasteiger partial charge >= 0.3 is 0 Å². The number of fused-ring (bicyclic) bond motifs is 1. The van der Waals surface area contributed by atoms with Gasteiger partial charge in [-0.1, -0.05) is 36.4 Å². The first-order valence-electron chi connectivity index (χ1n) is 9.37. The van der Waals surface area contributed by atoms with Crippen molar-refractivity contribution in [1.29, 1.82) is 0 Å². The van der Waals surface area contributed by atoms with Crippen LogP contribution in [0.4, 0.5) is 5.69 Å². The highest BCUT2D eigenvalue weighted by atomic mass is 16.5. The number of carbonyl (C=O) groups excluding carboxylic acids is 1. The first kappa shape index (κ1) is 17.5. The maximum absolute atomic E-state index is 12.7. The van der Waals surface area contributed by atoms with E-state index in [-0.39, 0.29) is 17.6 Å². The molecule has 0 bridgehead atoms. The van der Waals surface area contributed by atoms with E-state index in [0.29, 0.717) is 6.54 Å². The average molecular weight is 354 g/mol. The van der Waals surface area contributed by atoms with Gasteiger partial charge in [-0.05, 0) is 30.7 Å². The van der Waals surface area contributed by atoms with Gasteiger partial charge in [0.2, 0.25) is 5.91 Å². The van der Waals surface area contributed by atoms with Crippen LogP contribution in [0.2, 0.25) is 0 Å². The average Bonchev–Trinajstić information content (AvgIpc) is 3.11. The van der Waals surface area contributed by atoms with E-state index in [1.165, 1.54) is 0 Å². The second kappa shape index (κ2) is 7.35. The minimum atomic E-state index is -0.243. The van der Waals surface area contributed by atoms with E-state index >= 15 is 0 Å². The summed E-state index contributed by atoms with van der Waals surface area (Å²) in [5.41, 5.74) is 0.624. The van der Waals surface area contributed by atoms with Crippen LogP contribution in [0.25, 0.3) is 10.8 Å². The molecule has 0 unspecified atom stereocenters. The Bertz CT molecular complexity index is 780. The Morgan fingerprint density at radius 3 is 2.96 bits per heavy atom. The Morgan fingerprint density at radius 2 is 2.15 bits per heavy atom. The fourth-order valence-corrected chi connectivity index (χ4v) is 4.41. The summed E-state index contributed by atoms with van der Waals surface area (Å²) < 4.78 is 11.7. The third-order valence-electron chi connectivity index (χ3n) is 5.63. The van der Waals surface area contributed by atoms with Crippen molar-refractivity contribution in [3.05, 3.63) is 42.5 Å². The molecule has 4 rings (SSSR count). The lowest BCUT2D eigenvalue weighted by Gasteiger charge is -2.44. The van der Waals surface area contributed by atoms with Crippen LogP contribution in [0.1, 0.15) is 19.3 Å². The quantitative estimate of drug-likeness (QED) is 0.917. The Balaban J connectivity index is 1.43. The number of carbonyl (C=O) groups is 1. The molecule has 2 aliphatic heterocycles. The molecule has 26 heavy (non-hydrogen) atoms. The van der Waals surface area contributed by atoms with Gasteiger partial charge in [0.1, 0.15) is 5.60 Å². The molecule has 2 aromatic rings. The molecule has 2 fully saturated rings. The van der Waals surface area contributed by atoms with E-state index in [0.717, 1.165) is 55.4 Å². The van der Waals surface area contributed by atoms with Crippen molar-refractivity contribution in [3.63, 3.8) is 0 Å². The number of anilines is 1. The molecule has 1 spiro atoms. The van der Waals surface area contributed by atoms with Crippen molar-refractivity contribution >= 4 is 22.4 Å². The maximum Gasteiger partial charge on any atom is 0.238 e. The molecule has 5 heteroatoms. The normalized spacial score (nSPS) is 26.4. The zero-order valence-electron chi connectivity index (χ0n) is 15.2. The summed E-state index contributed by atoms with van der Waals surface area (Å²) in [4.78, 5) is 14.8. The van der Waals surface area contributed by atoms with Crippen molar-refractivity contribution in [1.82, 2.24) is 4.90 Å². The molecule has 2 saturated heterocycles. The minimum Gasteiger partial charge on any atom is -0.378 e. The number of hydrogen-bond donors (Lipinski definition) is 1. The smallest absolute Gasteiger partial charge is 0.238 e. The number of hydrogen-bond acceptors (Lipinski definition) is 4. The van der Waals surface area contributed by atoms with E-state index in [1.54, 1.807) is 7.11 Å². The monoisotopic (exact) mass is 354 g/mol. The van der Waals surface area contributed by atoms with E-state index in [9.17, 15) is 4.79 Å². The molecule has 2 aromatic carbocycles. The molecule has 1 N–H and O–H groups in total. The number of benzene rings is 2. The van der Waals surface area contributed by atoms with E-state index < -0.39 is 0 Å². The zero-order valence-corrected chi connectivity index (χ0v) is 15.2. The molecule has 1 amide bonds. The summed E-state index contributed by atoms with van der Waals surface area (Å²) in [5, 5.41) is 5.28. The number of ether oxygens (including phenoxy) is 2. The molecule has 2 atom stereocenters. The van der Waals surface area contributed by atoms with Gasteiger partial charge in [-0.15, -0.1) is 0 Å². The van der Waals surface area contributed by atoms with Crippen LogP contribution in [0.3, 0.4) is 0 Å². The fourth-order valence-electron chi connectivity index (χ4n) is 4.41. The lowest BCUT2D eigenvalue weighted by molar-refractivity contribution is -0.146. The van der Waals surface area contributed by atoms with Crippen LogP contribution in [0.15, 0.2) is 42.5 Å². The highest BCUT2D eigenvalue weighted by Crippen LogP contribution is 2.36. The van der Waals surface area contributed by atoms with Crippen LogP contribution in [-0.2, 0) is 14.3 Å². The second-order valence-corrected chi connectivity index (χ2v) is 7.32. The highest BCUT2D eigenvalue weighted by Gasteiger charge is 2.47.